The number of benzene rings is 16. The predicted molar refractivity (Wildman–Crippen MR) is 457 cm³/mol. The van der Waals surface area contributed by atoms with Crippen LogP contribution in [0.5, 0.6) is 0 Å². The molecule has 22 aromatic rings. The fraction of sp³-hybridized carbons (Fsp3) is 0. The number of furan rings is 2. The third kappa shape index (κ3) is 11.7. The van der Waals surface area contributed by atoms with Crippen LogP contribution in [-0.2, 0) is 0 Å². The average molecular weight is 1430 g/mol. The second-order valence-electron chi connectivity index (χ2n) is 28.1. The number of aromatic nitrogens is 8. The van der Waals surface area contributed by atoms with Gasteiger partial charge in [0.05, 0.1) is 22.1 Å². The summed E-state index contributed by atoms with van der Waals surface area (Å²) in [6.07, 6.45) is 0. The number of hydrogen-bond donors (Lipinski definition) is 0. The molecular weight excluding hydrogens is 1370 g/mol. The van der Waals surface area contributed by atoms with E-state index in [0.717, 1.165) is 155 Å². The summed E-state index contributed by atoms with van der Waals surface area (Å²) in [5.41, 5.74) is 24.5. The van der Waals surface area contributed by atoms with Crippen molar-refractivity contribution in [1.29, 1.82) is 0 Å². The Kier molecular flexibility index (Phi) is 16.0. The van der Waals surface area contributed by atoms with E-state index in [4.69, 9.17) is 38.7 Å². The molecule has 0 aliphatic heterocycles. The Morgan fingerprint density at radius 3 is 0.884 bits per heavy atom. The van der Waals surface area contributed by atoms with Crippen LogP contribution in [-0.4, -0.2) is 39.0 Å². The monoisotopic (exact) mass is 1430 g/mol. The summed E-state index contributed by atoms with van der Waals surface area (Å²) in [6.45, 7) is 0. The van der Waals surface area contributed by atoms with Crippen LogP contribution in [0.25, 0.3) is 212 Å². The van der Waals surface area contributed by atoms with E-state index >= 15 is 0 Å². The molecular formula is C102H64N8O2. The lowest BCUT2D eigenvalue weighted by Gasteiger charge is -2.12. The van der Waals surface area contributed by atoms with Gasteiger partial charge in [-0.15, -0.1) is 0 Å². The first kappa shape index (κ1) is 65.1. The molecule has 22 rings (SSSR count). The smallest absolute Gasteiger partial charge is 0.164 e. The highest BCUT2D eigenvalue weighted by molar-refractivity contribution is 6.15. The van der Waals surface area contributed by atoms with Crippen LogP contribution in [0.3, 0.4) is 0 Å². The van der Waals surface area contributed by atoms with Gasteiger partial charge in [-0.25, -0.2) is 29.9 Å². The molecule has 16 aromatic carbocycles. The highest BCUT2D eigenvalue weighted by Gasteiger charge is 2.22. The summed E-state index contributed by atoms with van der Waals surface area (Å²) in [5, 5.41) is 9.27. The Morgan fingerprint density at radius 2 is 0.455 bits per heavy atom. The lowest BCUT2D eigenvalue weighted by molar-refractivity contribution is 0.669. The molecule has 6 aromatic heterocycles. The van der Waals surface area contributed by atoms with Crippen molar-refractivity contribution in [3.63, 3.8) is 0 Å². The zero-order valence-electron chi connectivity index (χ0n) is 60.3. The zero-order valence-corrected chi connectivity index (χ0v) is 60.3. The van der Waals surface area contributed by atoms with E-state index in [9.17, 15) is 0 Å². The van der Waals surface area contributed by atoms with Crippen molar-refractivity contribution in [2.75, 3.05) is 0 Å². The molecule has 0 radical (unpaired) electrons. The van der Waals surface area contributed by atoms with Crippen molar-refractivity contribution in [2.24, 2.45) is 0 Å². The molecule has 0 fully saturated rings. The maximum Gasteiger partial charge on any atom is 0.164 e. The maximum absolute atomic E-state index is 6.47. The highest BCUT2D eigenvalue weighted by Crippen LogP contribution is 2.44. The first-order valence-corrected chi connectivity index (χ1v) is 37.5. The summed E-state index contributed by atoms with van der Waals surface area (Å²) in [4.78, 5) is 30.1. The van der Waals surface area contributed by atoms with Gasteiger partial charge in [0.25, 0.3) is 0 Å². The van der Waals surface area contributed by atoms with Gasteiger partial charge >= 0.3 is 0 Å². The summed E-state index contributed by atoms with van der Waals surface area (Å²) >= 11 is 0. The van der Waals surface area contributed by atoms with Crippen LogP contribution in [0.15, 0.2) is 397 Å². The van der Waals surface area contributed by atoms with E-state index in [1.54, 1.807) is 0 Å². The molecule has 6 heterocycles. The minimum atomic E-state index is 0.610. The molecule has 524 valence electrons. The predicted octanol–water partition coefficient (Wildman–Crippen LogP) is 26.4. The standard InChI is InChI=1S/2C51H32N4O/c1-3-14-33(15-4-1)49-52-50(34-16-5-2-6-17-34)54-51(53-49)38-20-11-18-35(30-38)36-19-12-21-39(31-36)55-45-26-9-7-22-41(45)42-29-28-37(32-46(42)55)40-24-13-25-44-43-23-8-10-27-47(43)56-48(40)44;1-3-14-33(15-4-1)35-18-11-19-37(30-35)50-52-49(34-16-5-2-6-17-34)53-51(54-50)38-20-12-21-39(31-38)55-45-26-9-7-22-41(45)42-29-28-36(32-46(42)55)40-24-13-25-44-43-23-8-10-27-47(43)56-48(40)44/h2*1-32H. The Morgan fingerprint density at radius 1 is 0.170 bits per heavy atom. The van der Waals surface area contributed by atoms with Crippen LogP contribution >= 0.6 is 0 Å². The Hall–Kier alpha value is -15.3. The summed E-state index contributed by atoms with van der Waals surface area (Å²) < 4.78 is 17.7. The first-order valence-electron chi connectivity index (χ1n) is 37.5. The van der Waals surface area contributed by atoms with Crippen LogP contribution in [0.2, 0.25) is 0 Å². The molecule has 10 nitrogen and oxygen atoms in total. The second kappa shape index (κ2) is 27.5. The number of hydrogen-bond acceptors (Lipinski definition) is 8. The number of fused-ring (bicyclic) bond motifs is 12. The van der Waals surface area contributed by atoms with E-state index in [-0.39, 0.29) is 0 Å². The maximum atomic E-state index is 6.47. The molecule has 0 N–H and O–H groups in total. The van der Waals surface area contributed by atoms with Gasteiger partial charge in [-0.05, 0) is 106 Å². The van der Waals surface area contributed by atoms with Gasteiger partial charge in [-0.1, -0.05) is 315 Å². The van der Waals surface area contributed by atoms with Crippen LogP contribution in [0.1, 0.15) is 0 Å². The highest BCUT2D eigenvalue weighted by atomic mass is 16.3. The van der Waals surface area contributed by atoms with E-state index in [1.165, 1.54) is 21.5 Å². The van der Waals surface area contributed by atoms with Gasteiger partial charge in [0.15, 0.2) is 34.9 Å². The van der Waals surface area contributed by atoms with Gasteiger partial charge in [0.1, 0.15) is 22.3 Å². The normalized spacial score (nSPS) is 11.6. The Balaban J connectivity index is 0.000000141. The fourth-order valence-electron chi connectivity index (χ4n) is 16.0. The van der Waals surface area contributed by atoms with Crippen molar-refractivity contribution in [1.82, 2.24) is 39.0 Å². The van der Waals surface area contributed by atoms with Crippen molar-refractivity contribution in [2.45, 2.75) is 0 Å². The largest absolute Gasteiger partial charge is 0.455 e. The van der Waals surface area contributed by atoms with Crippen LogP contribution < -0.4 is 0 Å². The molecule has 112 heavy (non-hydrogen) atoms. The second-order valence-corrected chi connectivity index (χ2v) is 28.1. The molecule has 0 unspecified atom stereocenters. The third-order valence-corrected chi connectivity index (χ3v) is 21.3. The summed E-state index contributed by atoms with van der Waals surface area (Å²) in [7, 11) is 0. The fourth-order valence-corrected chi connectivity index (χ4v) is 16.0. The van der Waals surface area contributed by atoms with E-state index in [1.807, 2.05) is 121 Å². The van der Waals surface area contributed by atoms with Crippen LogP contribution in [0.4, 0.5) is 0 Å². The number of rotatable bonds is 12. The minimum absolute atomic E-state index is 0.610. The third-order valence-electron chi connectivity index (χ3n) is 21.3. The summed E-state index contributed by atoms with van der Waals surface area (Å²) in [6, 6.07) is 135. The SMILES string of the molecule is c1ccc(-c2cccc(-c3nc(-c4ccccc4)nc(-c4cccc(-n5c6ccccc6c6ccc(-c7cccc8c7oc7ccccc78)cc65)c4)n3)c2)cc1.c1ccc(-c2nc(-c3ccccc3)nc(-c3cccc(-c4cccc(-n5c6ccccc6c6ccc(-c7cccc8c7oc7ccccc78)cc65)c4)c3)n2)cc1. The van der Waals surface area contributed by atoms with Crippen molar-refractivity contribution in [3.8, 4) is 124 Å². The Bertz CT molecular complexity index is 7330. The zero-order chi connectivity index (χ0) is 74.0. The molecule has 0 aliphatic rings. The van der Waals surface area contributed by atoms with Crippen LogP contribution in [0, 0.1) is 0 Å². The van der Waals surface area contributed by atoms with Crippen molar-refractivity contribution >= 4 is 87.5 Å². The van der Waals surface area contributed by atoms with E-state index in [2.05, 4.69) is 276 Å². The van der Waals surface area contributed by atoms with Crippen molar-refractivity contribution in [3.05, 3.63) is 388 Å². The van der Waals surface area contributed by atoms with Gasteiger partial charge in [-0.2, -0.15) is 0 Å². The Labute approximate surface area is 643 Å². The molecule has 0 atom stereocenters. The van der Waals surface area contributed by atoms with Gasteiger partial charge < -0.3 is 18.0 Å². The molecule has 0 aliphatic carbocycles. The quantitative estimate of drug-likeness (QED) is 0.119. The lowest BCUT2D eigenvalue weighted by Crippen LogP contribution is -2.01. The first-order chi connectivity index (χ1) is 55.5. The van der Waals surface area contributed by atoms with E-state index < -0.39 is 0 Å². The van der Waals surface area contributed by atoms with Crippen molar-refractivity contribution < 1.29 is 8.83 Å². The van der Waals surface area contributed by atoms with Gasteiger partial charge in [-0.3, -0.25) is 0 Å². The molecule has 10 heteroatoms. The summed E-state index contributed by atoms with van der Waals surface area (Å²) in [5.74, 6) is 3.78. The molecule has 0 saturated heterocycles. The number of para-hydroxylation sites is 6. The average Bonchev–Trinajstić information content (AvgIpc) is 1.58. The minimum Gasteiger partial charge on any atom is -0.455 e. The molecule has 0 amide bonds. The molecule has 0 spiro atoms. The van der Waals surface area contributed by atoms with Gasteiger partial charge in [0, 0.05) is 99.0 Å². The molecule has 0 bridgehead atoms. The molecule has 0 saturated carbocycles. The lowest BCUT2D eigenvalue weighted by atomic mass is 10.0. The van der Waals surface area contributed by atoms with Gasteiger partial charge in [0.2, 0.25) is 0 Å². The number of nitrogens with zero attached hydrogens (tertiary/aromatic N) is 8. The van der Waals surface area contributed by atoms with E-state index in [0.29, 0.717) is 34.9 Å². The topological polar surface area (TPSA) is 113 Å².